The van der Waals surface area contributed by atoms with Crippen molar-refractivity contribution in [1.82, 2.24) is 9.97 Å². The molecular weight excluding hydrogens is 285 g/mol. The average Bonchev–Trinajstić information content (AvgIpc) is 2.85. The van der Waals surface area contributed by atoms with Crippen LogP contribution in [0.3, 0.4) is 0 Å². The van der Waals surface area contributed by atoms with Crippen LogP contribution in [0.15, 0.2) is 59.9 Å². The Morgan fingerprint density at radius 2 is 1.68 bits per heavy atom. The minimum Gasteiger partial charge on any atom is -0.309 e. The zero-order valence-electron chi connectivity index (χ0n) is 11.3. The van der Waals surface area contributed by atoms with E-state index >= 15 is 0 Å². The van der Waals surface area contributed by atoms with Crippen LogP contribution in [-0.4, -0.2) is 23.2 Å². The minimum atomic E-state index is -2.69. The number of hydrogen-bond acceptors (Lipinski definition) is 3. The topological polar surface area (TPSA) is 41.4 Å². The zero-order chi connectivity index (χ0) is 15.1. The molecule has 0 saturated heterocycles. The Bertz CT molecular complexity index is 878. The predicted octanol–water partition coefficient (Wildman–Crippen LogP) is 3.45. The molecular formula is C15H9BF2N4. The Labute approximate surface area is 125 Å². The molecule has 22 heavy (non-hydrogen) atoms. The molecule has 3 aromatic rings. The summed E-state index contributed by atoms with van der Waals surface area (Å²) in [6.45, 7) is 0. The van der Waals surface area contributed by atoms with Crippen LogP contribution in [0, 0.1) is 0 Å². The standard InChI is InChI=1S/C15H9BF2N4/c17-16(18)22-12-7-2-5-10-4-1-6-11(13(10)12)14(22)21-15-19-8-3-9-20-15/h1-9H/b21-14-. The van der Waals surface area contributed by atoms with Gasteiger partial charge in [-0.05, 0) is 17.5 Å². The largest absolute Gasteiger partial charge is 0.679 e. The molecule has 0 fully saturated rings. The lowest BCUT2D eigenvalue weighted by Gasteiger charge is -2.16. The molecule has 7 heteroatoms. The van der Waals surface area contributed by atoms with Crippen molar-refractivity contribution in [3.05, 3.63) is 60.4 Å². The van der Waals surface area contributed by atoms with E-state index < -0.39 is 7.40 Å². The molecule has 0 saturated carbocycles. The first-order valence-electron chi connectivity index (χ1n) is 6.71. The number of rotatable bonds is 2. The molecule has 0 N–H and O–H groups in total. The van der Waals surface area contributed by atoms with Crippen molar-refractivity contribution >= 4 is 35.6 Å². The van der Waals surface area contributed by atoms with Crippen LogP contribution >= 0.6 is 0 Å². The number of benzene rings is 2. The predicted molar refractivity (Wildman–Crippen MR) is 82.6 cm³/mol. The van der Waals surface area contributed by atoms with Crippen LogP contribution < -0.4 is 4.81 Å². The van der Waals surface area contributed by atoms with Gasteiger partial charge in [0.15, 0.2) is 0 Å². The molecule has 1 aliphatic heterocycles. The summed E-state index contributed by atoms with van der Waals surface area (Å²) in [5, 5.41) is 1.68. The molecule has 0 atom stereocenters. The summed E-state index contributed by atoms with van der Waals surface area (Å²) in [4.78, 5) is 13.2. The molecule has 0 radical (unpaired) electrons. The van der Waals surface area contributed by atoms with E-state index in [-0.39, 0.29) is 11.8 Å². The lowest BCUT2D eigenvalue weighted by atomic mass is 10.1. The summed E-state index contributed by atoms with van der Waals surface area (Å²) in [7, 11) is -2.69. The number of nitrogens with zero attached hydrogens (tertiary/aromatic N) is 4. The van der Waals surface area contributed by atoms with Crippen LogP contribution in [0.5, 0.6) is 0 Å². The van der Waals surface area contributed by atoms with Gasteiger partial charge >= 0.3 is 7.40 Å². The second kappa shape index (κ2) is 4.87. The fraction of sp³-hybridized carbons (Fsp3) is 0. The van der Waals surface area contributed by atoms with Crippen LogP contribution in [0.25, 0.3) is 10.8 Å². The van der Waals surface area contributed by atoms with Gasteiger partial charge in [0.1, 0.15) is 5.84 Å². The van der Waals surface area contributed by atoms with Gasteiger partial charge in [-0.2, -0.15) is 4.99 Å². The Kier molecular flexibility index (Phi) is 2.85. The molecule has 0 spiro atoms. The van der Waals surface area contributed by atoms with Crippen molar-refractivity contribution in [3.63, 3.8) is 0 Å². The Morgan fingerprint density at radius 3 is 2.41 bits per heavy atom. The Hall–Kier alpha value is -2.83. The van der Waals surface area contributed by atoms with Gasteiger partial charge in [-0.1, -0.05) is 30.3 Å². The Balaban J connectivity index is 2.00. The molecule has 106 valence electrons. The molecule has 4 nitrogen and oxygen atoms in total. The molecule has 0 aliphatic carbocycles. The van der Waals surface area contributed by atoms with Crippen LogP contribution in [0.1, 0.15) is 5.56 Å². The average molecular weight is 294 g/mol. The third-order valence-electron chi connectivity index (χ3n) is 3.56. The molecule has 4 rings (SSSR count). The van der Waals surface area contributed by atoms with Gasteiger partial charge in [0.2, 0.25) is 0 Å². The van der Waals surface area contributed by atoms with Gasteiger partial charge in [0.25, 0.3) is 5.95 Å². The summed E-state index contributed by atoms with van der Waals surface area (Å²) in [5.41, 5.74) is 1.12. The number of aliphatic imine (C=N–C) groups is 1. The molecule has 1 aromatic heterocycles. The number of halogens is 2. The van der Waals surface area contributed by atoms with E-state index in [0.29, 0.717) is 11.3 Å². The maximum atomic E-state index is 13.6. The second-order valence-electron chi connectivity index (χ2n) is 4.81. The second-order valence-corrected chi connectivity index (χ2v) is 4.81. The minimum absolute atomic E-state index is 0.160. The first-order chi connectivity index (χ1) is 10.8. The lowest BCUT2D eigenvalue weighted by molar-refractivity contribution is 0.660. The van der Waals surface area contributed by atoms with Crippen molar-refractivity contribution in [2.75, 3.05) is 4.81 Å². The van der Waals surface area contributed by atoms with E-state index in [2.05, 4.69) is 15.0 Å². The Morgan fingerprint density at radius 1 is 0.955 bits per heavy atom. The van der Waals surface area contributed by atoms with E-state index in [1.807, 2.05) is 18.2 Å². The summed E-state index contributed by atoms with van der Waals surface area (Å²) in [5.74, 6) is 0.334. The van der Waals surface area contributed by atoms with Crippen LogP contribution in [-0.2, 0) is 0 Å². The maximum Gasteiger partial charge on any atom is 0.679 e. The van der Waals surface area contributed by atoms with Gasteiger partial charge in [0.05, 0.1) is 0 Å². The summed E-state index contributed by atoms with van der Waals surface area (Å²) >= 11 is 0. The molecule has 2 aromatic carbocycles. The number of hydrogen-bond donors (Lipinski definition) is 0. The van der Waals surface area contributed by atoms with E-state index in [9.17, 15) is 8.63 Å². The third-order valence-corrected chi connectivity index (χ3v) is 3.56. The third kappa shape index (κ3) is 1.86. The number of anilines is 1. The smallest absolute Gasteiger partial charge is 0.309 e. The highest BCUT2D eigenvalue weighted by Gasteiger charge is 2.38. The molecule has 0 amide bonds. The maximum absolute atomic E-state index is 13.6. The SMILES string of the molecule is FB(F)N1/C(=N\c2ncccn2)c2cccc3cccc1c23. The summed E-state index contributed by atoms with van der Waals surface area (Å²) in [6.07, 6.45) is 3.06. The normalized spacial score (nSPS) is 14.8. The first kappa shape index (κ1) is 12.9. The van der Waals surface area contributed by atoms with E-state index in [4.69, 9.17) is 0 Å². The zero-order valence-corrected chi connectivity index (χ0v) is 11.3. The van der Waals surface area contributed by atoms with Gasteiger partial charge in [-0.25, -0.2) is 9.97 Å². The molecule has 0 unspecified atom stereocenters. The van der Waals surface area contributed by atoms with Gasteiger partial charge < -0.3 is 4.81 Å². The fourth-order valence-electron chi connectivity index (χ4n) is 2.71. The fourth-order valence-corrected chi connectivity index (χ4v) is 2.71. The highest BCUT2D eigenvalue weighted by molar-refractivity contribution is 6.59. The van der Waals surface area contributed by atoms with E-state index in [1.54, 1.807) is 24.3 Å². The van der Waals surface area contributed by atoms with Crippen molar-refractivity contribution in [1.29, 1.82) is 0 Å². The van der Waals surface area contributed by atoms with Crippen molar-refractivity contribution in [3.8, 4) is 0 Å². The summed E-state index contributed by atoms with van der Waals surface area (Å²) < 4.78 is 27.2. The molecule has 2 heterocycles. The first-order valence-corrected chi connectivity index (χ1v) is 6.71. The van der Waals surface area contributed by atoms with Crippen molar-refractivity contribution in [2.45, 2.75) is 0 Å². The lowest BCUT2D eigenvalue weighted by Crippen LogP contribution is -2.36. The van der Waals surface area contributed by atoms with Crippen LogP contribution in [0.2, 0.25) is 0 Å². The highest BCUT2D eigenvalue weighted by atomic mass is 19.2. The van der Waals surface area contributed by atoms with E-state index in [0.717, 1.165) is 15.6 Å². The van der Waals surface area contributed by atoms with E-state index in [1.165, 1.54) is 12.4 Å². The monoisotopic (exact) mass is 294 g/mol. The van der Waals surface area contributed by atoms with Gasteiger partial charge in [0, 0.05) is 29.0 Å². The highest BCUT2D eigenvalue weighted by Crippen LogP contribution is 2.39. The number of aromatic nitrogens is 2. The van der Waals surface area contributed by atoms with Gasteiger partial charge in [-0.3, -0.25) is 8.63 Å². The molecule has 0 bridgehead atoms. The van der Waals surface area contributed by atoms with Crippen molar-refractivity contribution < 1.29 is 8.63 Å². The van der Waals surface area contributed by atoms with Crippen molar-refractivity contribution in [2.24, 2.45) is 4.99 Å². The summed E-state index contributed by atoms with van der Waals surface area (Å²) in [6, 6.07) is 12.5. The number of amidine groups is 1. The molecule has 1 aliphatic rings. The quantitative estimate of drug-likeness (QED) is 0.680. The van der Waals surface area contributed by atoms with Crippen LogP contribution in [0.4, 0.5) is 20.3 Å². The van der Waals surface area contributed by atoms with Gasteiger partial charge in [-0.15, -0.1) is 0 Å².